The van der Waals surface area contributed by atoms with Gasteiger partial charge in [0.25, 0.3) is 0 Å². The number of alkyl carbamates (subject to hydrolysis) is 1. The highest BCUT2D eigenvalue weighted by molar-refractivity contribution is 6.35. The van der Waals surface area contributed by atoms with Crippen molar-refractivity contribution in [2.45, 2.75) is 71.8 Å². The van der Waals surface area contributed by atoms with Crippen LogP contribution in [0, 0.1) is 5.92 Å². The summed E-state index contributed by atoms with van der Waals surface area (Å²) in [6.07, 6.45) is -0.781. The van der Waals surface area contributed by atoms with Crippen LogP contribution in [0.2, 0.25) is 10.0 Å². The van der Waals surface area contributed by atoms with Crippen molar-refractivity contribution in [1.82, 2.24) is 15.5 Å². The minimum absolute atomic E-state index is 0.114. The van der Waals surface area contributed by atoms with Crippen molar-refractivity contribution >= 4 is 46.7 Å². The van der Waals surface area contributed by atoms with E-state index < -0.39 is 24.0 Å². The fourth-order valence-electron chi connectivity index (χ4n) is 4.92. The summed E-state index contributed by atoms with van der Waals surface area (Å²) in [6.45, 7) is 11.6. The summed E-state index contributed by atoms with van der Waals surface area (Å²) in [5, 5.41) is 17.3. The molecule has 1 heterocycles. The standard InChI is InChI=1S/C32H44Cl2N4O5/c1-21(2)18-28(39)24-8-6-7-9-27(24)37-14-16-38(17-15-37)30(41)26(19-22-10-11-23(33)20-25(22)34)36-29(40)12-13-35-31(42)43-32(3,4)5/h6-11,20-21,26,29,36,40H,12-19H2,1-5H3,(H,35,42). The number of carbonyl (C=O) groups is 3. The predicted octanol–water partition coefficient (Wildman–Crippen LogP) is 5.30. The highest BCUT2D eigenvalue weighted by Crippen LogP contribution is 2.26. The van der Waals surface area contributed by atoms with E-state index in [0.29, 0.717) is 53.8 Å². The lowest BCUT2D eigenvalue weighted by Gasteiger charge is -2.38. The van der Waals surface area contributed by atoms with Gasteiger partial charge in [0.05, 0.1) is 6.04 Å². The molecule has 2 aromatic rings. The summed E-state index contributed by atoms with van der Waals surface area (Å²) < 4.78 is 5.24. The van der Waals surface area contributed by atoms with Gasteiger partial charge < -0.3 is 25.0 Å². The molecule has 9 nitrogen and oxygen atoms in total. The number of halogens is 2. The first-order valence-corrected chi connectivity index (χ1v) is 15.5. The van der Waals surface area contributed by atoms with Gasteiger partial charge in [0, 0.05) is 66.9 Å². The fraction of sp³-hybridized carbons (Fsp3) is 0.531. The second kappa shape index (κ2) is 15.7. The van der Waals surface area contributed by atoms with Crippen molar-refractivity contribution in [3.63, 3.8) is 0 Å². The van der Waals surface area contributed by atoms with Crippen molar-refractivity contribution in [3.8, 4) is 0 Å². The van der Waals surface area contributed by atoms with E-state index in [-0.39, 0.29) is 37.0 Å². The van der Waals surface area contributed by atoms with Crippen LogP contribution < -0.4 is 15.5 Å². The zero-order chi connectivity index (χ0) is 31.7. The van der Waals surface area contributed by atoms with Gasteiger partial charge in [-0.2, -0.15) is 0 Å². The van der Waals surface area contributed by atoms with E-state index in [9.17, 15) is 19.5 Å². The molecule has 236 valence electrons. The lowest BCUT2D eigenvalue weighted by molar-refractivity contribution is -0.134. The van der Waals surface area contributed by atoms with Crippen molar-refractivity contribution < 1.29 is 24.2 Å². The van der Waals surface area contributed by atoms with E-state index in [1.807, 2.05) is 38.1 Å². The van der Waals surface area contributed by atoms with Crippen LogP contribution in [0.3, 0.4) is 0 Å². The minimum Gasteiger partial charge on any atom is -0.444 e. The molecule has 2 atom stereocenters. The van der Waals surface area contributed by atoms with Gasteiger partial charge in [0.2, 0.25) is 5.91 Å². The molecule has 0 radical (unpaired) electrons. The first kappa shape index (κ1) is 34.6. The molecule has 3 rings (SSSR count). The van der Waals surface area contributed by atoms with Gasteiger partial charge >= 0.3 is 6.09 Å². The number of carbonyl (C=O) groups excluding carboxylic acids is 3. The average molecular weight is 636 g/mol. The van der Waals surface area contributed by atoms with Crippen LogP contribution in [-0.4, -0.2) is 78.4 Å². The van der Waals surface area contributed by atoms with Crippen LogP contribution in [0.25, 0.3) is 0 Å². The molecule has 2 amide bonds. The molecule has 11 heteroatoms. The number of ether oxygens (including phenoxy) is 1. The van der Waals surface area contributed by atoms with E-state index in [1.54, 1.807) is 43.9 Å². The van der Waals surface area contributed by atoms with E-state index in [1.165, 1.54) is 0 Å². The van der Waals surface area contributed by atoms with Crippen molar-refractivity contribution in [1.29, 1.82) is 0 Å². The van der Waals surface area contributed by atoms with E-state index in [0.717, 1.165) is 5.69 Å². The molecular formula is C32H44Cl2N4O5. The molecule has 0 aliphatic carbocycles. The number of hydrogen-bond acceptors (Lipinski definition) is 7. The summed E-state index contributed by atoms with van der Waals surface area (Å²) in [6, 6.07) is 12.0. The molecule has 3 N–H and O–H groups in total. The Balaban J connectivity index is 1.67. The summed E-state index contributed by atoms with van der Waals surface area (Å²) >= 11 is 12.5. The topological polar surface area (TPSA) is 111 Å². The first-order chi connectivity index (χ1) is 20.2. The normalized spacial score (nSPS) is 15.3. The Bertz CT molecular complexity index is 1260. The van der Waals surface area contributed by atoms with E-state index >= 15 is 0 Å². The number of aliphatic hydroxyl groups is 1. The number of anilines is 1. The molecule has 1 aliphatic heterocycles. The number of hydrogen-bond donors (Lipinski definition) is 3. The zero-order valence-electron chi connectivity index (χ0n) is 25.7. The molecule has 1 saturated heterocycles. The molecule has 2 aromatic carbocycles. The second-order valence-corrected chi connectivity index (χ2v) is 13.1. The molecule has 1 fully saturated rings. The van der Waals surface area contributed by atoms with Crippen LogP contribution in [0.5, 0.6) is 0 Å². The van der Waals surface area contributed by atoms with Gasteiger partial charge in [0.1, 0.15) is 11.8 Å². The number of nitrogens with zero attached hydrogens (tertiary/aromatic N) is 2. The number of ketones is 1. The molecule has 0 bridgehead atoms. The van der Waals surface area contributed by atoms with E-state index in [4.69, 9.17) is 27.9 Å². The third-order valence-electron chi connectivity index (χ3n) is 6.95. The maximum Gasteiger partial charge on any atom is 0.407 e. The quantitative estimate of drug-likeness (QED) is 0.214. The maximum atomic E-state index is 13.8. The summed E-state index contributed by atoms with van der Waals surface area (Å²) in [5.74, 6) is 0.203. The number of benzene rings is 2. The molecule has 0 saturated carbocycles. The van der Waals surface area contributed by atoms with Crippen LogP contribution in [0.15, 0.2) is 42.5 Å². The largest absolute Gasteiger partial charge is 0.444 e. The van der Waals surface area contributed by atoms with Crippen molar-refractivity contribution in [3.05, 3.63) is 63.6 Å². The molecule has 0 aromatic heterocycles. The van der Waals surface area contributed by atoms with Gasteiger partial charge in [0.15, 0.2) is 5.78 Å². The Labute approximate surface area is 264 Å². The first-order valence-electron chi connectivity index (χ1n) is 14.7. The van der Waals surface area contributed by atoms with E-state index in [2.05, 4.69) is 15.5 Å². The Morgan fingerprint density at radius 2 is 1.70 bits per heavy atom. The molecular weight excluding hydrogens is 591 g/mol. The Morgan fingerprint density at radius 3 is 2.33 bits per heavy atom. The van der Waals surface area contributed by atoms with Crippen LogP contribution in [0.1, 0.15) is 63.4 Å². The maximum absolute atomic E-state index is 13.8. The highest BCUT2D eigenvalue weighted by atomic mass is 35.5. The number of amides is 2. The number of rotatable bonds is 12. The van der Waals surface area contributed by atoms with Crippen molar-refractivity contribution in [2.75, 3.05) is 37.6 Å². The number of para-hydroxylation sites is 1. The van der Waals surface area contributed by atoms with Gasteiger partial charge in [-0.3, -0.25) is 14.9 Å². The van der Waals surface area contributed by atoms with Crippen LogP contribution in [0.4, 0.5) is 10.5 Å². The number of aliphatic hydroxyl groups excluding tert-OH is 1. The zero-order valence-corrected chi connectivity index (χ0v) is 27.2. The highest BCUT2D eigenvalue weighted by Gasteiger charge is 2.30. The summed E-state index contributed by atoms with van der Waals surface area (Å²) in [7, 11) is 0. The van der Waals surface area contributed by atoms with Gasteiger partial charge in [-0.25, -0.2) is 4.79 Å². The van der Waals surface area contributed by atoms with Gasteiger partial charge in [-0.15, -0.1) is 0 Å². The SMILES string of the molecule is CC(C)CC(=O)c1ccccc1N1CCN(C(=O)C(Cc2ccc(Cl)cc2Cl)NC(O)CCNC(=O)OC(C)(C)C)CC1. The van der Waals surface area contributed by atoms with Crippen molar-refractivity contribution in [2.24, 2.45) is 5.92 Å². The number of piperazine rings is 1. The number of Topliss-reactive ketones (excluding diaryl/α,β-unsaturated/α-hetero) is 1. The number of nitrogens with one attached hydrogen (secondary N) is 2. The smallest absolute Gasteiger partial charge is 0.407 e. The Morgan fingerprint density at radius 1 is 1.02 bits per heavy atom. The summed E-state index contributed by atoms with van der Waals surface area (Å²) in [4.78, 5) is 42.6. The second-order valence-electron chi connectivity index (χ2n) is 12.2. The molecule has 2 unspecified atom stereocenters. The molecule has 43 heavy (non-hydrogen) atoms. The molecule has 1 aliphatic rings. The third kappa shape index (κ3) is 11.0. The Kier molecular flexibility index (Phi) is 12.7. The lowest BCUT2D eigenvalue weighted by Crippen LogP contribution is -2.56. The van der Waals surface area contributed by atoms with Gasteiger partial charge in [-0.1, -0.05) is 55.2 Å². The predicted molar refractivity (Wildman–Crippen MR) is 171 cm³/mol. The van der Waals surface area contributed by atoms with Crippen LogP contribution in [-0.2, 0) is 16.0 Å². The lowest BCUT2D eigenvalue weighted by atomic mass is 9.99. The fourth-order valence-corrected chi connectivity index (χ4v) is 5.41. The van der Waals surface area contributed by atoms with Crippen LogP contribution >= 0.6 is 23.2 Å². The monoisotopic (exact) mass is 634 g/mol. The Hall–Kier alpha value is -2.85. The summed E-state index contributed by atoms with van der Waals surface area (Å²) in [5.41, 5.74) is 1.67. The third-order valence-corrected chi connectivity index (χ3v) is 7.53. The molecule has 0 spiro atoms. The average Bonchev–Trinajstić information content (AvgIpc) is 2.92. The minimum atomic E-state index is -1.07. The van der Waals surface area contributed by atoms with Gasteiger partial charge in [-0.05, 0) is 62.9 Å².